The van der Waals surface area contributed by atoms with E-state index in [0.29, 0.717) is 12.1 Å². The van der Waals surface area contributed by atoms with Crippen molar-refractivity contribution < 1.29 is 0 Å². The molecule has 2 aromatic rings. The van der Waals surface area contributed by atoms with Gasteiger partial charge < -0.3 is 10.6 Å². The van der Waals surface area contributed by atoms with Crippen molar-refractivity contribution in [3.63, 3.8) is 0 Å². The topological polar surface area (TPSA) is 24.1 Å². The molecule has 0 amide bonds. The molecule has 18 heavy (non-hydrogen) atoms. The molecule has 0 aliphatic carbocycles. The Balaban J connectivity index is 1.63. The molecule has 2 atom stereocenters. The molecule has 1 fully saturated rings. The highest BCUT2D eigenvalue weighted by molar-refractivity contribution is 7.17. The van der Waals surface area contributed by atoms with Gasteiger partial charge in [0.1, 0.15) is 0 Å². The molecule has 3 heteroatoms. The highest BCUT2D eigenvalue weighted by atomic mass is 32.1. The number of hydrogen-bond acceptors (Lipinski definition) is 3. The maximum absolute atomic E-state index is 3.62. The van der Waals surface area contributed by atoms with Crippen LogP contribution in [0.2, 0.25) is 0 Å². The van der Waals surface area contributed by atoms with Crippen LogP contribution >= 0.6 is 11.3 Å². The van der Waals surface area contributed by atoms with E-state index in [1.165, 1.54) is 41.6 Å². The van der Waals surface area contributed by atoms with Crippen LogP contribution in [0.1, 0.15) is 26.2 Å². The minimum Gasteiger partial charge on any atom is -0.383 e. The first-order valence-electron chi connectivity index (χ1n) is 6.78. The Morgan fingerprint density at radius 1 is 1.44 bits per heavy atom. The van der Waals surface area contributed by atoms with Gasteiger partial charge in [0.05, 0.1) is 0 Å². The molecule has 0 saturated carbocycles. The zero-order valence-corrected chi connectivity index (χ0v) is 11.6. The molecule has 2 nitrogen and oxygen atoms in total. The van der Waals surface area contributed by atoms with E-state index < -0.39 is 0 Å². The molecule has 0 spiro atoms. The molecule has 0 radical (unpaired) electrons. The van der Waals surface area contributed by atoms with Crippen molar-refractivity contribution in [1.82, 2.24) is 5.32 Å². The van der Waals surface area contributed by atoms with Gasteiger partial charge in [-0.25, -0.2) is 0 Å². The predicted molar refractivity (Wildman–Crippen MR) is 80.6 cm³/mol. The third-order valence-electron chi connectivity index (χ3n) is 3.67. The average molecular weight is 260 g/mol. The second kappa shape index (κ2) is 5.29. The molecule has 1 aliphatic rings. The van der Waals surface area contributed by atoms with E-state index in [2.05, 4.69) is 47.2 Å². The SMILES string of the molecule is CC(CC1CCCN1)Nc1ccc2sccc2c1. The maximum Gasteiger partial charge on any atom is 0.0349 e. The molecule has 2 N–H and O–H groups in total. The summed E-state index contributed by atoms with van der Waals surface area (Å²) in [5.74, 6) is 0. The summed E-state index contributed by atoms with van der Waals surface area (Å²) in [7, 11) is 0. The Kier molecular flexibility index (Phi) is 3.52. The second-order valence-corrected chi connectivity index (χ2v) is 6.20. The highest BCUT2D eigenvalue weighted by Gasteiger charge is 2.16. The number of hydrogen-bond donors (Lipinski definition) is 2. The van der Waals surface area contributed by atoms with Gasteiger partial charge in [0.15, 0.2) is 0 Å². The third kappa shape index (κ3) is 2.68. The molecule has 2 heterocycles. The summed E-state index contributed by atoms with van der Waals surface area (Å²) in [6, 6.07) is 10.1. The molecular weight excluding hydrogens is 240 g/mol. The molecule has 0 bridgehead atoms. The lowest BCUT2D eigenvalue weighted by Crippen LogP contribution is -2.29. The van der Waals surface area contributed by atoms with Crippen molar-refractivity contribution in [1.29, 1.82) is 0 Å². The minimum absolute atomic E-state index is 0.525. The van der Waals surface area contributed by atoms with Gasteiger partial charge in [-0.3, -0.25) is 0 Å². The summed E-state index contributed by atoms with van der Waals surface area (Å²) in [6.45, 7) is 3.47. The molecular formula is C15H20N2S. The van der Waals surface area contributed by atoms with Crippen LogP contribution in [0.5, 0.6) is 0 Å². The summed E-state index contributed by atoms with van der Waals surface area (Å²) < 4.78 is 1.37. The summed E-state index contributed by atoms with van der Waals surface area (Å²) in [5.41, 5.74) is 1.24. The number of thiophene rings is 1. The number of nitrogens with one attached hydrogen (secondary N) is 2. The van der Waals surface area contributed by atoms with Crippen molar-refractivity contribution in [3.8, 4) is 0 Å². The molecule has 1 aromatic heterocycles. The fourth-order valence-corrected chi connectivity index (χ4v) is 3.56. The van der Waals surface area contributed by atoms with E-state index in [0.717, 1.165) is 0 Å². The van der Waals surface area contributed by atoms with E-state index in [9.17, 15) is 0 Å². The van der Waals surface area contributed by atoms with Crippen LogP contribution in [0.25, 0.3) is 10.1 Å². The van der Waals surface area contributed by atoms with Crippen LogP contribution in [0.3, 0.4) is 0 Å². The zero-order chi connectivity index (χ0) is 12.4. The fourth-order valence-electron chi connectivity index (χ4n) is 2.78. The van der Waals surface area contributed by atoms with Gasteiger partial charge in [0.25, 0.3) is 0 Å². The number of benzene rings is 1. The average Bonchev–Trinajstić information content (AvgIpc) is 2.98. The second-order valence-electron chi connectivity index (χ2n) is 5.25. The standard InChI is InChI=1S/C15H20N2S/c1-11(9-13-3-2-7-16-13)17-14-4-5-15-12(10-14)6-8-18-15/h4-6,8,10-11,13,16-17H,2-3,7,9H2,1H3. The van der Waals surface area contributed by atoms with Gasteiger partial charge in [-0.15, -0.1) is 11.3 Å². The Morgan fingerprint density at radius 2 is 2.39 bits per heavy atom. The number of rotatable bonds is 4. The van der Waals surface area contributed by atoms with Gasteiger partial charge in [0.2, 0.25) is 0 Å². The van der Waals surface area contributed by atoms with E-state index in [1.807, 2.05) is 0 Å². The predicted octanol–water partition coefficient (Wildman–Crippen LogP) is 3.84. The third-order valence-corrected chi connectivity index (χ3v) is 4.56. The Hall–Kier alpha value is -1.06. The minimum atomic E-state index is 0.525. The van der Waals surface area contributed by atoms with Gasteiger partial charge in [-0.05, 0) is 67.8 Å². The Labute approximate surface area is 112 Å². The van der Waals surface area contributed by atoms with E-state index >= 15 is 0 Å². The molecule has 2 unspecified atom stereocenters. The van der Waals surface area contributed by atoms with Crippen molar-refractivity contribution in [2.75, 3.05) is 11.9 Å². The number of anilines is 1. The van der Waals surface area contributed by atoms with Crippen LogP contribution < -0.4 is 10.6 Å². The fraction of sp³-hybridized carbons (Fsp3) is 0.467. The first kappa shape index (κ1) is 12.0. The van der Waals surface area contributed by atoms with E-state index in [1.54, 1.807) is 11.3 Å². The summed E-state index contributed by atoms with van der Waals surface area (Å²) in [4.78, 5) is 0. The van der Waals surface area contributed by atoms with Crippen LogP contribution in [-0.2, 0) is 0 Å². The molecule has 1 saturated heterocycles. The van der Waals surface area contributed by atoms with Crippen LogP contribution in [0.15, 0.2) is 29.6 Å². The van der Waals surface area contributed by atoms with Gasteiger partial charge in [-0.1, -0.05) is 0 Å². The van der Waals surface area contributed by atoms with Crippen LogP contribution in [0.4, 0.5) is 5.69 Å². The smallest absolute Gasteiger partial charge is 0.0349 e. The van der Waals surface area contributed by atoms with Crippen molar-refractivity contribution in [2.24, 2.45) is 0 Å². The zero-order valence-electron chi connectivity index (χ0n) is 10.8. The van der Waals surface area contributed by atoms with Gasteiger partial charge >= 0.3 is 0 Å². The van der Waals surface area contributed by atoms with Crippen LogP contribution in [0, 0.1) is 0 Å². The summed E-state index contributed by atoms with van der Waals surface area (Å²) in [5, 5.41) is 10.7. The number of fused-ring (bicyclic) bond motifs is 1. The van der Waals surface area contributed by atoms with Crippen molar-refractivity contribution >= 4 is 27.1 Å². The van der Waals surface area contributed by atoms with Crippen molar-refractivity contribution in [2.45, 2.75) is 38.3 Å². The normalized spacial score (nSPS) is 21.3. The first-order valence-corrected chi connectivity index (χ1v) is 7.66. The first-order chi connectivity index (χ1) is 8.81. The largest absolute Gasteiger partial charge is 0.383 e. The van der Waals surface area contributed by atoms with Crippen molar-refractivity contribution in [3.05, 3.63) is 29.6 Å². The van der Waals surface area contributed by atoms with Crippen LogP contribution in [-0.4, -0.2) is 18.6 Å². The lowest BCUT2D eigenvalue weighted by Gasteiger charge is -2.19. The summed E-state index contributed by atoms with van der Waals surface area (Å²) in [6.07, 6.45) is 3.87. The molecule has 1 aromatic carbocycles. The monoisotopic (exact) mass is 260 g/mol. The highest BCUT2D eigenvalue weighted by Crippen LogP contribution is 2.24. The lowest BCUT2D eigenvalue weighted by atomic mass is 10.1. The lowest BCUT2D eigenvalue weighted by molar-refractivity contribution is 0.523. The van der Waals surface area contributed by atoms with E-state index in [-0.39, 0.29) is 0 Å². The quantitative estimate of drug-likeness (QED) is 0.872. The molecule has 3 rings (SSSR count). The van der Waals surface area contributed by atoms with E-state index in [4.69, 9.17) is 0 Å². The Morgan fingerprint density at radius 3 is 3.22 bits per heavy atom. The maximum atomic E-state index is 3.62. The summed E-state index contributed by atoms with van der Waals surface area (Å²) >= 11 is 1.80. The molecule has 96 valence electrons. The van der Waals surface area contributed by atoms with Gasteiger partial charge in [0, 0.05) is 22.5 Å². The Bertz CT molecular complexity index is 514. The molecule has 1 aliphatic heterocycles. The van der Waals surface area contributed by atoms with Gasteiger partial charge in [-0.2, -0.15) is 0 Å².